The van der Waals surface area contributed by atoms with Crippen molar-refractivity contribution in [1.29, 1.82) is 0 Å². The second-order valence-electron chi connectivity index (χ2n) is 13.4. The van der Waals surface area contributed by atoms with Crippen LogP contribution in [0, 0.1) is 11.3 Å². The van der Waals surface area contributed by atoms with E-state index in [4.69, 9.17) is 23.7 Å². The second-order valence-corrected chi connectivity index (χ2v) is 17.4. The van der Waals surface area contributed by atoms with Crippen molar-refractivity contribution in [2.75, 3.05) is 45.4 Å². The molecular weight excluding hydrogens is 679 g/mol. The number of nitrogens with one attached hydrogen (secondary N) is 2. The number of rotatable bonds is 17. The van der Waals surface area contributed by atoms with Crippen LogP contribution in [-0.2, 0) is 40.7 Å². The zero-order chi connectivity index (χ0) is 35.2. The lowest BCUT2D eigenvalue weighted by molar-refractivity contribution is -0.0907. The summed E-state index contributed by atoms with van der Waals surface area (Å²) in [6.45, 7) is 5.86. The minimum absolute atomic E-state index is 0.00759. The molecule has 2 aromatic rings. The fraction of sp³-hybridized carbons (Fsp3) is 0.606. The van der Waals surface area contributed by atoms with Crippen LogP contribution >= 0.6 is 0 Å². The molecule has 3 aliphatic rings. The summed E-state index contributed by atoms with van der Waals surface area (Å²) < 4.78 is 83.8. The number of carbonyl (C=O) groups excluding carboxylic acids is 1. The Bertz CT molecular complexity index is 1640. The molecule has 2 fully saturated rings. The largest absolute Gasteiger partial charge is 0.454 e. The molecule has 49 heavy (non-hydrogen) atoms. The summed E-state index contributed by atoms with van der Waals surface area (Å²) in [5.74, 6) is 0.603. The van der Waals surface area contributed by atoms with Crippen LogP contribution in [0.3, 0.4) is 0 Å². The Balaban J connectivity index is 1.35. The molecule has 0 spiro atoms. The highest BCUT2D eigenvalue weighted by atomic mass is 32.2. The van der Waals surface area contributed by atoms with Crippen LogP contribution in [0.4, 0.5) is 4.79 Å². The highest BCUT2D eigenvalue weighted by Crippen LogP contribution is 2.36. The second kappa shape index (κ2) is 15.9. The number of hydrogen-bond acceptors (Lipinski definition) is 11. The van der Waals surface area contributed by atoms with E-state index in [1.807, 2.05) is 44.2 Å². The van der Waals surface area contributed by atoms with E-state index >= 15 is 0 Å². The summed E-state index contributed by atoms with van der Waals surface area (Å²) in [6.07, 6.45) is -1.17. The summed E-state index contributed by atoms with van der Waals surface area (Å²) in [5, 5.41) is 14.5. The molecule has 2 aromatic carbocycles. The Hall–Kier alpha value is -2.99. The molecule has 0 unspecified atom stereocenters. The fourth-order valence-electron chi connectivity index (χ4n) is 6.24. The Morgan fingerprint density at radius 1 is 1.08 bits per heavy atom. The van der Waals surface area contributed by atoms with Gasteiger partial charge in [-0.05, 0) is 55.7 Å². The summed E-state index contributed by atoms with van der Waals surface area (Å²) in [4.78, 5) is 13.2. The van der Waals surface area contributed by atoms with Gasteiger partial charge in [0.1, 0.15) is 6.10 Å². The number of aliphatic hydroxyl groups excluding tert-OH is 1. The zero-order valence-electron chi connectivity index (χ0n) is 28.1. The molecule has 2 saturated heterocycles. The van der Waals surface area contributed by atoms with E-state index in [0.29, 0.717) is 37.4 Å². The van der Waals surface area contributed by atoms with Gasteiger partial charge in [-0.3, -0.25) is 0 Å². The van der Waals surface area contributed by atoms with Gasteiger partial charge in [0.25, 0.3) is 0 Å². The van der Waals surface area contributed by atoms with Crippen LogP contribution in [0.15, 0.2) is 53.4 Å². The van der Waals surface area contributed by atoms with Crippen molar-refractivity contribution in [1.82, 2.24) is 14.3 Å². The van der Waals surface area contributed by atoms with Crippen LogP contribution in [0.1, 0.15) is 45.6 Å². The van der Waals surface area contributed by atoms with E-state index in [2.05, 4.69) is 10.0 Å². The zero-order valence-corrected chi connectivity index (χ0v) is 29.7. The number of fused-ring (bicyclic) bond motifs is 2. The van der Waals surface area contributed by atoms with Gasteiger partial charge in [0, 0.05) is 25.7 Å². The molecule has 5 rings (SSSR count). The lowest BCUT2D eigenvalue weighted by Gasteiger charge is -2.35. The molecule has 0 aromatic heterocycles. The minimum Gasteiger partial charge on any atom is -0.454 e. The molecule has 272 valence electrons. The molecule has 1 amide bonds. The number of nitrogens with zero attached hydrogens (tertiary/aromatic N) is 1. The van der Waals surface area contributed by atoms with Gasteiger partial charge < -0.3 is 34.1 Å². The number of carbonyl (C=O) groups is 1. The van der Waals surface area contributed by atoms with Crippen LogP contribution in [0.5, 0.6) is 11.5 Å². The van der Waals surface area contributed by atoms with Crippen molar-refractivity contribution >= 4 is 26.1 Å². The Kier molecular flexibility index (Phi) is 12.1. The van der Waals surface area contributed by atoms with Gasteiger partial charge in [0.05, 0.1) is 41.9 Å². The van der Waals surface area contributed by atoms with Crippen LogP contribution in [-0.4, -0.2) is 102 Å². The van der Waals surface area contributed by atoms with Gasteiger partial charge in [-0.15, -0.1) is 0 Å². The predicted molar refractivity (Wildman–Crippen MR) is 179 cm³/mol. The molecule has 0 radical (unpaired) electrons. The van der Waals surface area contributed by atoms with Crippen molar-refractivity contribution < 1.29 is 50.4 Å². The van der Waals surface area contributed by atoms with Crippen LogP contribution < -0.4 is 19.5 Å². The maximum atomic E-state index is 14.3. The normalized spacial score (nSPS) is 21.8. The monoisotopic (exact) mass is 725 g/mol. The highest BCUT2D eigenvalue weighted by molar-refractivity contribution is 7.89. The number of hydrogen-bond donors (Lipinski definition) is 3. The molecule has 0 bridgehead atoms. The molecule has 3 aliphatic heterocycles. The van der Waals surface area contributed by atoms with Crippen molar-refractivity contribution in [3.05, 3.63) is 54.1 Å². The molecular formula is C33H47N3O11S2. The van der Waals surface area contributed by atoms with Crippen molar-refractivity contribution in [3.8, 4) is 11.5 Å². The van der Waals surface area contributed by atoms with Crippen LogP contribution in [0.25, 0.3) is 0 Å². The first-order valence-electron chi connectivity index (χ1n) is 16.6. The lowest BCUT2D eigenvalue weighted by Crippen LogP contribution is -2.52. The van der Waals surface area contributed by atoms with E-state index in [1.54, 1.807) is 6.92 Å². The van der Waals surface area contributed by atoms with Gasteiger partial charge >= 0.3 is 6.09 Å². The number of benzene rings is 2. The third-order valence-electron chi connectivity index (χ3n) is 9.02. The average Bonchev–Trinajstić information content (AvgIpc) is 3.82. The van der Waals surface area contributed by atoms with E-state index in [0.717, 1.165) is 5.56 Å². The topological polar surface area (TPSA) is 179 Å². The van der Waals surface area contributed by atoms with Gasteiger partial charge in [-0.25, -0.2) is 26.4 Å². The summed E-state index contributed by atoms with van der Waals surface area (Å²) in [5.41, 5.74) is 0.185. The number of ether oxygens (including phenoxy) is 5. The number of aliphatic hydroxyl groups is 1. The first-order chi connectivity index (χ1) is 23.3. The Labute approximate surface area is 288 Å². The fourth-order valence-corrected chi connectivity index (χ4v) is 8.57. The van der Waals surface area contributed by atoms with E-state index in [-0.39, 0.29) is 56.0 Å². The molecule has 0 saturated carbocycles. The number of amides is 1. The van der Waals surface area contributed by atoms with Gasteiger partial charge in [-0.1, -0.05) is 44.2 Å². The summed E-state index contributed by atoms with van der Waals surface area (Å²) in [7, 11) is -7.59. The quantitative estimate of drug-likeness (QED) is 0.204. The molecule has 16 heteroatoms. The third-order valence-corrected chi connectivity index (χ3v) is 12.2. The number of sulfonamides is 2. The maximum Gasteiger partial charge on any atom is 0.407 e. The smallest absolute Gasteiger partial charge is 0.407 e. The molecule has 14 nitrogen and oxygen atoms in total. The Morgan fingerprint density at radius 2 is 1.84 bits per heavy atom. The highest BCUT2D eigenvalue weighted by Gasteiger charge is 2.44. The van der Waals surface area contributed by atoms with Crippen LogP contribution in [0.2, 0.25) is 0 Å². The minimum atomic E-state index is -4.22. The Morgan fingerprint density at radius 3 is 2.59 bits per heavy atom. The predicted octanol–water partition coefficient (Wildman–Crippen LogP) is 2.61. The van der Waals surface area contributed by atoms with E-state index < -0.39 is 56.1 Å². The van der Waals surface area contributed by atoms with Crippen molar-refractivity contribution in [3.63, 3.8) is 0 Å². The lowest BCUT2D eigenvalue weighted by atomic mass is 9.87. The summed E-state index contributed by atoms with van der Waals surface area (Å²) >= 11 is 0. The van der Waals surface area contributed by atoms with E-state index in [1.165, 1.54) is 22.5 Å². The van der Waals surface area contributed by atoms with Gasteiger partial charge in [-0.2, -0.15) is 4.31 Å². The molecule has 3 heterocycles. The maximum absolute atomic E-state index is 14.3. The summed E-state index contributed by atoms with van der Waals surface area (Å²) in [6, 6.07) is 12.7. The van der Waals surface area contributed by atoms with Gasteiger partial charge in [0.15, 0.2) is 17.8 Å². The first-order valence-corrected chi connectivity index (χ1v) is 19.6. The average molecular weight is 726 g/mol. The number of alkyl carbamates (subject to hydrolysis) is 1. The SMILES string of the molecule is CCS(=O)(=O)NCCCC(C)(C)CN(C[C@@H](O)[C@H](Cc1ccccc1)NC(=O)O[C@H]1CO[C@H]2OCC[C@H]21)S(=O)(=O)c1ccc2c(c1)OCO2. The molecule has 3 N–H and O–H groups in total. The third kappa shape index (κ3) is 9.84. The molecule has 0 aliphatic carbocycles. The first kappa shape index (κ1) is 37.3. The standard InChI is InChI=1S/C33H47N3O11S2/c1-4-48(39,40)34-15-8-14-33(2,3)21-36(49(41,42)24-11-12-28-29(18-24)46-22-45-28)19-27(37)26(17-23-9-6-5-7-10-23)35-32(38)47-30-20-44-31-25(30)13-16-43-31/h5-7,9-12,18,25-27,30-31,34,37H,4,8,13-17,19-22H2,1-3H3,(H,35,38)/t25-,26-,27+,30-,31+/m0/s1. The van der Waals surface area contributed by atoms with Crippen molar-refractivity contribution in [2.24, 2.45) is 11.3 Å². The van der Waals surface area contributed by atoms with Gasteiger partial charge in [0.2, 0.25) is 26.8 Å². The van der Waals surface area contributed by atoms with Crippen molar-refractivity contribution in [2.45, 2.75) is 75.9 Å². The van der Waals surface area contributed by atoms with E-state index in [9.17, 15) is 26.7 Å². The molecule has 5 atom stereocenters.